The van der Waals surface area contributed by atoms with Gasteiger partial charge in [0.25, 0.3) is 0 Å². The van der Waals surface area contributed by atoms with Crippen molar-refractivity contribution in [2.24, 2.45) is 0 Å². The quantitative estimate of drug-likeness (QED) is 0.796. The normalized spacial score (nSPS) is 16.1. The molecular weight excluding hydrogens is 311 g/mol. The van der Waals surface area contributed by atoms with Gasteiger partial charge in [-0.1, -0.05) is 30.4 Å². The Kier molecular flexibility index (Phi) is 3.83. The molecule has 2 heteroatoms. The average Bonchev–Trinajstić information content (AvgIpc) is 2.28. The Morgan fingerprint density at radius 3 is 2.69 bits per heavy atom. The van der Waals surface area contributed by atoms with Gasteiger partial charge in [0.1, 0.15) is 0 Å². The zero-order valence-electron chi connectivity index (χ0n) is 8.86. The molecule has 0 atom stereocenters. The van der Waals surface area contributed by atoms with Crippen LogP contribution in [-0.2, 0) is 0 Å². The van der Waals surface area contributed by atoms with E-state index in [2.05, 4.69) is 59.0 Å². The number of aliphatic hydroxyl groups is 1. The van der Waals surface area contributed by atoms with Crippen LogP contribution in [0.4, 0.5) is 0 Å². The van der Waals surface area contributed by atoms with E-state index >= 15 is 0 Å². The van der Waals surface area contributed by atoms with Crippen molar-refractivity contribution in [1.82, 2.24) is 0 Å². The van der Waals surface area contributed by atoms with Crippen LogP contribution >= 0.6 is 22.6 Å². The van der Waals surface area contributed by atoms with Crippen molar-refractivity contribution in [2.75, 3.05) is 0 Å². The van der Waals surface area contributed by atoms with E-state index in [1.165, 1.54) is 14.7 Å². The van der Waals surface area contributed by atoms with Gasteiger partial charge in [-0.25, -0.2) is 0 Å². The van der Waals surface area contributed by atoms with E-state index in [0.29, 0.717) is 5.76 Å². The standard InChI is InChI=1S/C14H13IO/c15-13-3-1-2-12(10-13)5-4-11-6-8-14(16)9-7-11/h1-6,8,10,16H,7,9H2/b5-4+. The fourth-order valence-electron chi connectivity index (χ4n) is 1.59. The number of hydrogen-bond acceptors (Lipinski definition) is 1. The minimum Gasteiger partial charge on any atom is -0.512 e. The molecule has 0 radical (unpaired) electrons. The Hall–Kier alpha value is -1.03. The Bertz CT molecular complexity index is 469. The van der Waals surface area contributed by atoms with Gasteiger partial charge in [0.05, 0.1) is 5.76 Å². The topological polar surface area (TPSA) is 20.2 Å². The van der Waals surface area contributed by atoms with Crippen molar-refractivity contribution in [1.29, 1.82) is 0 Å². The monoisotopic (exact) mass is 324 g/mol. The van der Waals surface area contributed by atoms with Gasteiger partial charge in [0.2, 0.25) is 0 Å². The number of aliphatic hydroxyl groups excluding tert-OH is 1. The third-order valence-electron chi connectivity index (χ3n) is 2.50. The highest BCUT2D eigenvalue weighted by molar-refractivity contribution is 14.1. The second-order valence-corrected chi connectivity index (χ2v) is 5.03. The van der Waals surface area contributed by atoms with Crippen molar-refractivity contribution in [2.45, 2.75) is 12.8 Å². The summed E-state index contributed by atoms with van der Waals surface area (Å²) in [6.07, 6.45) is 9.66. The van der Waals surface area contributed by atoms with Crippen LogP contribution in [0.5, 0.6) is 0 Å². The summed E-state index contributed by atoms with van der Waals surface area (Å²) in [6.45, 7) is 0. The Morgan fingerprint density at radius 2 is 2.00 bits per heavy atom. The number of benzene rings is 1. The lowest BCUT2D eigenvalue weighted by Gasteiger charge is -2.06. The van der Waals surface area contributed by atoms with Crippen molar-refractivity contribution in [3.05, 3.63) is 63.0 Å². The van der Waals surface area contributed by atoms with Gasteiger partial charge >= 0.3 is 0 Å². The number of hydrogen-bond donors (Lipinski definition) is 1. The highest BCUT2D eigenvalue weighted by Crippen LogP contribution is 2.18. The van der Waals surface area contributed by atoms with Gasteiger partial charge in [-0.15, -0.1) is 0 Å². The van der Waals surface area contributed by atoms with Crippen LogP contribution < -0.4 is 0 Å². The van der Waals surface area contributed by atoms with Gasteiger partial charge < -0.3 is 5.11 Å². The van der Waals surface area contributed by atoms with Crippen LogP contribution in [0, 0.1) is 3.57 Å². The van der Waals surface area contributed by atoms with E-state index < -0.39 is 0 Å². The summed E-state index contributed by atoms with van der Waals surface area (Å²) in [4.78, 5) is 0. The van der Waals surface area contributed by atoms with Gasteiger partial charge in [-0.2, -0.15) is 0 Å². The average molecular weight is 324 g/mol. The lowest BCUT2D eigenvalue weighted by atomic mass is 10.0. The van der Waals surface area contributed by atoms with E-state index in [1.54, 1.807) is 6.08 Å². The molecule has 1 aliphatic rings. The van der Waals surface area contributed by atoms with Crippen molar-refractivity contribution in [3.63, 3.8) is 0 Å². The van der Waals surface area contributed by atoms with Gasteiger partial charge in [-0.05, 0) is 58.4 Å². The van der Waals surface area contributed by atoms with Crippen LogP contribution in [0.3, 0.4) is 0 Å². The van der Waals surface area contributed by atoms with Crippen molar-refractivity contribution < 1.29 is 5.11 Å². The zero-order chi connectivity index (χ0) is 11.4. The molecule has 0 spiro atoms. The Balaban J connectivity index is 2.10. The Labute approximate surface area is 109 Å². The molecule has 1 N–H and O–H groups in total. The summed E-state index contributed by atoms with van der Waals surface area (Å²) in [7, 11) is 0. The first kappa shape index (κ1) is 11.5. The first-order valence-corrected chi connectivity index (χ1v) is 6.34. The van der Waals surface area contributed by atoms with E-state index in [-0.39, 0.29) is 0 Å². The molecule has 0 aromatic heterocycles. The molecule has 0 saturated heterocycles. The minimum absolute atomic E-state index is 0.478. The summed E-state index contributed by atoms with van der Waals surface area (Å²) in [5.74, 6) is 0.478. The first-order chi connectivity index (χ1) is 7.74. The summed E-state index contributed by atoms with van der Waals surface area (Å²) in [5, 5.41) is 9.24. The molecule has 0 saturated carbocycles. The van der Waals surface area contributed by atoms with Crippen LogP contribution in [0.15, 0.2) is 53.8 Å². The second-order valence-electron chi connectivity index (χ2n) is 3.79. The van der Waals surface area contributed by atoms with Crippen LogP contribution in [0.2, 0.25) is 0 Å². The zero-order valence-corrected chi connectivity index (χ0v) is 11.0. The maximum absolute atomic E-state index is 9.24. The maximum atomic E-state index is 9.24. The largest absolute Gasteiger partial charge is 0.512 e. The maximum Gasteiger partial charge on any atom is 0.0926 e. The molecule has 1 aromatic rings. The second kappa shape index (κ2) is 5.34. The molecule has 82 valence electrons. The number of halogens is 1. The molecule has 1 aliphatic carbocycles. The molecule has 0 amide bonds. The number of rotatable bonds is 2. The third kappa shape index (κ3) is 3.23. The van der Waals surface area contributed by atoms with Crippen LogP contribution in [-0.4, -0.2) is 5.11 Å². The molecule has 1 aromatic carbocycles. The fourth-order valence-corrected chi connectivity index (χ4v) is 2.16. The SMILES string of the molecule is OC1=CC=C(/C=C/c2cccc(I)c2)CC1. The molecular formula is C14H13IO. The number of allylic oxidation sites excluding steroid dienone is 5. The van der Waals surface area contributed by atoms with E-state index in [1.807, 2.05) is 6.08 Å². The smallest absolute Gasteiger partial charge is 0.0926 e. The highest BCUT2D eigenvalue weighted by atomic mass is 127. The summed E-state index contributed by atoms with van der Waals surface area (Å²) < 4.78 is 1.25. The molecule has 0 heterocycles. The first-order valence-electron chi connectivity index (χ1n) is 5.26. The lowest BCUT2D eigenvalue weighted by Crippen LogP contribution is -1.89. The predicted octanol–water partition coefficient (Wildman–Crippen LogP) is 4.47. The molecule has 2 rings (SSSR count). The molecule has 0 fully saturated rings. The van der Waals surface area contributed by atoms with E-state index in [9.17, 15) is 5.11 Å². The summed E-state index contributed by atoms with van der Waals surface area (Å²) in [5.41, 5.74) is 2.48. The van der Waals surface area contributed by atoms with Crippen molar-refractivity contribution in [3.8, 4) is 0 Å². The van der Waals surface area contributed by atoms with E-state index in [0.717, 1.165) is 12.8 Å². The molecule has 0 unspecified atom stereocenters. The third-order valence-corrected chi connectivity index (χ3v) is 3.17. The lowest BCUT2D eigenvalue weighted by molar-refractivity contribution is 0.386. The summed E-state index contributed by atoms with van der Waals surface area (Å²) >= 11 is 2.31. The van der Waals surface area contributed by atoms with Gasteiger partial charge in [-0.3, -0.25) is 0 Å². The minimum atomic E-state index is 0.478. The fraction of sp³-hybridized carbons (Fsp3) is 0.143. The molecule has 0 bridgehead atoms. The highest BCUT2D eigenvalue weighted by Gasteiger charge is 2.01. The van der Waals surface area contributed by atoms with Gasteiger partial charge in [0, 0.05) is 9.99 Å². The predicted molar refractivity (Wildman–Crippen MR) is 76.2 cm³/mol. The summed E-state index contributed by atoms with van der Waals surface area (Å²) in [6, 6.07) is 8.38. The van der Waals surface area contributed by atoms with Crippen LogP contribution in [0.1, 0.15) is 18.4 Å². The van der Waals surface area contributed by atoms with Crippen LogP contribution in [0.25, 0.3) is 6.08 Å². The van der Waals surface area contributed by atoms with E-state index in [4.69, 9.17) is 0 Å². The van der Waals surface area contributed by atoms with Crippen molar-refractivity contribution >= 4 is 28.7 Å². The molecule has 16 heavy (non-hydrogen) atoms. The van der Waals surface area contributed by atoms with Gasteiger partial charge in [0.15, 0.2) is 0 Å². The Morgan fingerprint density at radius 1 is 1.12 bits per heavy atom. The molecule has 0 aliphatic heterocycles. The molecule has 1 nitrogen and oxygen atoms in total.